The predicted molar refractivity (Wildman–Crippen MR) is 95.0 cm³/mol. The molecule has 3 heteroatoms. The summed E-state index contributed by atoms with van der Waals surface area (Å²) in [5.41, 5.74) is 1.52. The molecule has 0 amide bonds. The van der Waals surface area contributed by atoms with E-state index in [0.717, 1.165) is 26.2 Å². The van der Waals surface area contributed by atoms with Gasteiger partial charge in [-0.25, -0.2) is 0 Å². The van der Waals surface area contributed by atoms with Gasteiger partial charge in [0.1, 0.15) is 0 Å². The molecular formula is C18H28N2S. The van der Waals surface area contributed by atoms with Crippen molar-refractivity contribution in [1.29, 1.82) is 0 Å². The Kier molecular flexibility index (Phi) is 6.22. The average Bonchev–Trinajstić information content (AvgIpc) is 2.82. The Morgan fingerprint density at radius 3 is 2.62 bits per heavy atom. The van der Waals surface area contributed by atoms with E-state index in [2.05, 4.69) is 62.2 Å². The van der Waals surface area contributed by atoms with E-state index in [1.165, 1.54) is 26.9 Å². The van der Waals surface area contributed by atoms with Gasteiger partial charge in [-0.05, 0) is 50.4 Å². The molecule has 0 atom stereocenters. The summed E-state index contributed by atoms with van der Waals surface area (Å²) in [6, 6.07) is 9.42. The first-order chi connectivity index (χ1) is 10.2. The van der Waals surface area contributed by atoms with Crippen LogP contribution in [0.4, 0.5) is 0 Å². The van der Waals surface area contributed by atoms with Gasteiger partial charge in [0.2, 0.25) is 0 Å². The van der Waals surface area contributed by atoms with Crippen molar-refractivity contribution in [3.63, 3.8) is 0 Å². The highest BCUT2D eigenvalue weighted by atomic mass is 32.1. The van der Waals surface area contributed by atoms with Crippen molar-refractivity contribution in [3.8, 4) is 0 Å². The number of rotatable bonds is 8. The van der Waals surface area contributed by atoms with Crippen molar-refractivity contribution < 1.29 is 0 Å². The van der Waals surface area contributed by atoms with E-state index in [0.29, 0.717) is 6.04 Å². The molecule has 0 aliphatic carbocycles. The third kappa shape index (κ3) is 4.06. The topological polar surface area (TPSA) is 15.3 Å². The summed E-state index contributed by atoms with van der Waals surface area (Å²) in [6.07, 6.45) is 1.19. The highest BCUT2D eigenvalue weighted by Gasteiger charge is 2.16. The van der Waals surface area contributed by atoms with Gasteiger partial charge in [0, 0.05) is 28.7 Å². The van der Waals surface area contributed by atoms with Gasteiger partial charge >= 0.3 is 0 Å². The van der Waals surface area contributed by atoms with Crippen molar-refractivity contribution in [3.05, 3.63) is 34.7 Å². The van der Waals surface area contributed by atoms with Gasteiger partial charge in [0.05, 0.1) is 0 Å². The molecule has 2 nitrogen and oxygen atoms in total. The van der Waals surface area contributed by atoms with Crippen LogP contribution in [-0.2, 0) is 13.1 Å². The van der Waals surface area contributed by atoms with E-state index in [1.807, 2.05) is 11.3 Å². The zero-order chi connectivity index (χ0) is 15.2. The van der Waals surface area contributed by atoms with Crippen molar-refractivity contribution in [2.45, 2.75) is 53.2 Å². The summed E-state index contributed by atoms with van der Waals surface area (Å²) < 4.78 is 1.42. The summed E-state index contributed by atoms with van der Waals surface area (Å²) in [5.74, 6) is 0. The van der Waals surface area contributed by atoms with Crippen LogP contribution in [0.15, 0.2) is 24.3 Å². The lowest BCUT2D eigenvalue weighted by molar-refractivity contribution is 0.225. The van der Waals surface area contributed by atoms with Crippen LogP contribution in [0.5, 0.6) is 0 Å². The number of hydrogen-bond acceptors (Lipinski definition) is 3. The molecule has 0 spiro atoms. The zero-order valence-corrected chi connectivity index (χ0v) is 14.6. The second-order valence-corrected chi connectivity index (χ2v) is 6.97. The molecule has 0 unspecified atom stereocenters. The quantitative estimate of drug-likeness (QED) is 0.715. The first-order valence-corrected chi connectivity index (χ1v) is 8.93. The van der Waals surface area contributed by atoms with Gasteiger partial charge in [-0.3, -0.25) is 4.90 Å². The SMILES string of the molecule is CCCNCc1sc2ccccc2c1CN(CC)C(C)C. The van der Waals surface area contributed by atoms with E-state index in [-0.39, 0.29) is 0 Å². The van der Waals surface area contributed by atoms with Gasteiger partial charge in [0.15, 0.2) is 0 Å². The lowest BCUT2D eigenvalue weighted by atomic mass is 10.1. The first-order valence-electron chi connectivity index (χ1n) is 8.11. The van der Waals surface area contributed by atoms with Gasteiger partial charge < -0.3 is 5.32 Å². The van der Waals surface area contributed by atoms with Crippen molar-refractivity contribution >= 4 is 21.4 Å². The maximum atomic E-state index is 3.57. The molecule has 0 aliphatic heterocycles. The molecule has 2 aromatic rings. The van der Waals surface area contributed by atoms with Crippen LogP contribution < -0.4 is 5.32 Å². The average molecular weight is 305 g/mol. The number of thiophene rings is 1. The summed E-state index contributed by atoms with van der Waals surface area (Å²) in [5, 5.41) is 5.00. The van der Waals surface area contributed by atoms with Gasteiger partial charge in [-0.1, -0.05) is 32.0 Å². The Morgan fingerprint density at radius 1 is 1.19 bits per heavy atom. The predicted octanol–water partition coefficient (Wildman–Crippen LogP) is 4.63. The molecule has 1 N–H and O–H groups in total. The van der Waals surface area contributed by atoms with Crippen LogP contribution in [0.2, 0.25) is 0 Å². The summed E-state index contributed by atoms with van der Waals surface area (Å²) in [7, 11) is 0. The monoisotopic (exact) mass is 304 g/mol. The minimum atomic E-state index is 0.588. The Labute approximate surface area is 133 Å². The number of benzene rings is 1. The summed E-state index contributed by atoms with van der Waals surface area (Å²) in [4.78, 5) is 4.04. The van der Waals surface area contributed by atoms with E-state index in [1.54, 1.807) is 0 Å². The van der Waals surface area contributed by atoms with Crippen LogP contribution >= 0.6 is 11.3 Å². The summed E-state index contributed by atoms with van der Waals surface area (Å²) in [6.45, 7) is 13.3. The highest BCUT2D eigenvalue weighted by molar-refractivity contribution is 7.19. The van der Waals surface area contributed by atoms with Crippen LogP contribution in [0.3, 0.4) is 0 Å². The van der Waals surface area contributed by atoms with E-state index in [4.69, 9.17) is 0 Å². The Morgan fingerprint density at radius 2 is 1.95 bits per heavy atom. The van der Waals surface area contributed by atoms with Crippen LogP contribution in [-0.4, -0.2) is 24.0 Å². The van der Waals surface area contributed by atoms with E-state index in [9.17, 15) is 0 Å². The minimum absolute atomic E-state index is 0.588. The Bertz CT molecular complexity index is 559. The maximum Gasteiger partial charge on any atom is 0.0349 e. The standard InChI is InChI=1S/C18H28N2S/c1-5-11-19-12-18-16(13-20(6-2)14(3)4)15-9-7-8-10-17(15)21-18/h7-10,14,19H,5-6,11-13H2,1-4H3. The molecule has 1 aromatic carbocycles. The smallest absolute Gasteiger partial charge is 0.0349 e. The molecule has 0 fully saturated rings. The van der Waals surface area contributed by atoms with Gasteiger partial charge in [-0.2, -0.15) is 0 Å². The lowest BCUT2D eigenvalue weighted by Crippen LogP contribution is -2.30. The second-order valence-electron chi connectivity index (χ2n) is 5.83. The molecule has 0 saturated heterocycles. The molecule has 0 bridgehead atoms. The second kappa shape index (κ2) is 7.92. The zero-order valence-electron chi connectivity index (χ0n) is 13.8. The molecular weight excluding hydrogens is 276 g/mol. The fourth-order valence-electron chi connectivity index (χ4n) is 2.71. The molecule has 1 aromatic heterocycles. The maximum absolute atomic E-state index is 3.57. The molecule has 0 aliphatic rings. The number of hydrogen-bond donors (Lipinski definition) is 1. The fourth-order valence-corrected chi connectivity index (χ4v) is 3.89. The number of fused-ring (bicyclic) bond motifs is 1. The van der Waals surface area contributed by atoms with Crippen LogP contribution in [0, 0.1) is 0 Å². The number of nitrogens with one attached hydrogen (secondary N) is 1. The normalized spacial score (nSPS) is 11.9. The molecule has 2 rings (SSSR count). The van der Waals surface area contributed by atoms with Crippen molar-refractivity contribution in [1.82, 2.24) is 10.2 Å². The molecule has 21 heavy (non-hydrogen) atoms. The molecule has 1 heterocycles. The van der Waals surface area contributed by atoms with Gasteiger partial charge in [0.25, 0.3) is 0 Å². The minimum Gasteiger partial charge on any atom is -0.312 e. The lowest BCUT2D eigenvalue weighted by Gasteiger charge is -2.25. The Balaban J connectivity index is 2.30. The Hall–Kier alpha value is -0.900. The molecule has 0 saturated carbocycles. The first kappa shape index (κ1) is 16.5. The van der Waals surface area contributed by atoms with Crippen LogP contribution in [0.25, 0.3) is 10.1 Å². The summed E-state index contributed by atoms with van der Waals surface area (Å²) >= 11 is 1.95. The van der Waals surface area contributed by atoms with Gasteiger partial charge in [-0.15, -0.1) is 11.3 Å². The third-order valence-corrected chi connectivity index (χ3v) is 5.20. The largest absolute Gasteiger partial charge is 0.312 e. The highest BCUT2D eigenvalue weighted by Crippen LogP contribution is 2.32. The van der Waals surface area contributed by atoms with E-state index < -0.39 is 0 Å². The van der Waals surface area contributed by atoms with Crippen molar-refractivity contribution in [2.24, 2.45) is 0 Å². The third-order valence-electron chi connectivity index (χ3n) is 3.99. The van der Waals surface area contributed by atoms with Crippen molar-refractivity contribution in [2.75, 3.05) is 13.1 Å². The fraction of sp³-hybridized carbons (Fsp3) is 0.556. The van der Waals surface area contributed by atoms with E-state index >= 15 is 0 Å². The molecule has 116 valence electrons. The van der Waals surface area contributed by atoms with Crippen LogP contribution in [0.1, 0.15) is 44.6 Å². The molecule has 0 radical (unpaired) electrons. The number of nitrogens with zero attached hydrogens (tertiary/aromatic N) is 1.